The lowest BCUT2D eigenvalue weighted by Crippen LogP contribution is -2.40. The van der Waals surface area contributed by atoms with Gasteiger partial charge in [0.25, 0.3) is 5.91 Å². The minimum Gasteiger partial charge on any atom is -0.338 e. The number of halogens is 1. The Morgan fingerprint density at radius 3 is 2.79 bits per heavy atom. The molecule has 1 aliphatic heterocycles. The van der Waals surface area contributed by atoms with Crippen LogP contribution in [0.5, 0.6) is 0 Å². The summed E-state index contributed by atoms with van der Waals surface area (Å²) in [5.41, 5.74) is 2.57. The first-order valence-electron chi connectivity index (χ1n) is 9.69. The Balaban J connectivity index is 1.43. The molecular formula is C22H23FN4O. The lowest BCUT2D eigenvalue weighted by molar-refractivity contribution is 0.0669. The zero-order valence-electron chi connectivity index (χ0n) is 15.6. The maximum atomic E-state index is 13.2. The molecule has 2 aromatic carbocycles. The Hall–Kier alpha value is -3.02. The number of likely N-dealkylation sites (tertiary alicyclic amines) is 1. The highest BCUT2D eigenvalue weighted by Crippen LogP contribution is 2.26. The maximum absolute atomic E-state index is 13.2. The van der Waals surface area contributed by atoms with Gasteiger partial charge in [0.1, 0.15) is 12.1 Å². The normalized spacial score (nSPS) is 16.9. The molecule has 1 aliphatic rings. The van der Waals surface area contributed by atoms with E-state index in [2.05, 4.69) is 15.2 Å². The summed E-state index contributed by atoms with van der Waals surface area (Å²) in [6, 6.07) is 14.2. The molecule has 0 saturated carbocycles. The van der Waals surface area contributed by atoms with Crippen molar-refractivity contribution in [1.29, 1.82) is 0 Å². The molecule has 1 saturated heterocycles. The highest BCUT2D eigenvalue weighted by molar-refractivity contribution is 6.00. The van der Waals surface area contributed by atoms with Crippen LogP contribution in [0.4, 0.5) is 4.39 Å². The number of nitrogens with one attached hydrogen (secondary N) is 1. The fourth-order valence-corrected chi connectivity index (χ4v) is 3.89. The maximum Gasteiger partial charge on any atom is 0.254 e. The van der Waals surface area contributed by atoms with Crippen LogP contribution in [-0.4, -0.2) is 39.1 Å². The SMILES string of the molecule is O=C(c1ccccc1-c1ncn[nH]1)N1CCC[C@@H](CCc2ccc(F)cc2)C1. The summed E-state index contributed by atoms with van der Waals surface area (Å²) in [4.78, 5) is 19.3. The molecule has 1 aromatic heterocycles. The molecule has 1 amide bonds. The number of benzene rings is 2. The van der Waals surface area contributed by atoms with Crippen LogP contribution < -0.4 is 0 Å². The van der Waals surface area contributed by atoms with Crippen LogP contribution in [0.1, 0.15) is 35.2 Å². The molecule has 5 nitrogen and oxygen atoms in total. The van der Waals surface area contributed by atoms with Crippen molar-refractivity contribution < 1.29 is 9.18 Å². The lowest BCUT2D eigenvalue weighted by Gasteiger charge is -2.33. The highest BCUT2D eigenvalue weighted by atomic mass is 19.1. The Kier molecular flexibility index (Phi) is 5.46. The van der Waals surface area contributed by atoms with Crippen LogP contribution in [0.25, 0.3) is 11.4 Å². The topological polar surface area (TPSA) is 61.9 Å². The molecule has 3 aromatic rings. The van der Waals surface area contributed by atoms with E-state index in [1.54, 1.807) is 0 Å². The number of aromatic amines is 1. The van der Waals surface area contributed by atoms with E-state index >= 15 is 0 Å². The average Bonchev–Trinajstić information content (AvgIpc) is 3.28. The van der Waals surface area contributed by atoms with Gasteiger partial charge in [0, 0.05) is 18.7 Å². The number of aromatic nitrogens is 3. The number of rotatable bonds is 5. The second-order valence-corrected chi connectivity index (χ2v) is 7.30. The van der Waals surface area contributed by atoms with Gasteiger partial charge in [-0.3, -0.25) is 9.89 Å². The van der Waals surface area contributed by atoms with Gasteiger partial charge in [0.15, 0.2) is 5.82 Å². The van der Waals surface area contributed by atoms with Crippen molar-refractivity contribution in [3.8, 4) is 11.4 Å². The molecule has 4 rings (SSSR count). The van der Waals surface area contributed by atoms with Crippen LogP contribution in [0.2, 0.25) is 0 Å². The predicted octanol–water partition coefficient (Wildman–Crippen LogP) is 4.10. The van der Waals surface area contributed by atoms with Crippen LogP contribution >= 0.6 is 0 Å². The van der Waals surface area contributed by atoms with Gasteiger partial charge in [-0.25, -0.2) is 9.37 Å². The quantitative estimate of drug-likeness (QED) is 0.727. The van der Waals surface area contributed by atoms with Crippen LogP contribution in [0, 0.1) is 11.7 Å². The minimum atomic E-state index is -0.205. The monoisotopic (exact) mass is 378 g/mol. The third kappa shape index (κ3) is 4.11. The zero-order chi connectivity index (χ0) is 19.3. The predicted molar refractivity (Wildman–Crippen MR) is 105 cm³/mol. The number of H-pyrrole nitrogens is 1. The Bertz CT molecular complexity index is 924. The third-order valence-corrected chi connectivity index (χ3v) is 5.39. The molecule has 1 N–H and O–H groups in total. The smallest absolute Gasteiger partial charge is 0.254 e. The summed E-state index contributed by atoms with van der Waals surface area (Å²) in [6.45, 7) is 1.53. The van der Waals surface area contributed by atoms with Crippen LogP contribution in [0.15, 0.2) is 54.9 Å². The Labute approximate surface area is 163 Å². The fraction of sp³-hybridized carbons (Fsp3) is 0.318. The van der Waals surface area contributed by atoms with Crippen LogP contribution in [0.3, 0.4) is 0 Å². The van der Waals surface area contributed by atoms with Gasteiger partial charge in [-0.15, -0.1) is 0 Å². The summed E-state index contributed by atoms with van der Waals surface area (Å²) < 4.78 is 13.1. The minimum absolute atomic E-state index is 0.0403. The first-order chi connectivity index (χ1) is 13.7. The highest BCUT2D eigenvalue weighted by Gasteiger charge is 2.26. The van der Waals surface area contributed by atoms with E-state index in [9.17, 15) is 9.18 Å². The summed E-state index contributed by atoms with van der Waals surface area (Å²) in [7, 11) is 0. The van der Waals surface area contributed by atoms with E-state index in [-0.39, 0.29) is 11.7 Å². The standard InChI is InChI=1S/C22H23FN4O/c23-18-11-9-16(10-12-18)7-8-17-4-3-13-27(14-17)22(28)20-6-2-1-5-19(20)21-24-15-25-26-21/h1-2,5-6,9-12,15,17H,3-4,7-8,13-14H2,(H,24,25,26)/t17-/m0/s1. The number of piperidine rings is 1. The average molecular weight is 378 g/mol. The molecule has 2 heterocycles. The molecule has 0 unspecified atom stereocenters. The van der Waals surface area contributed by atoms with Crippen molar-refractivity contribution in [2.24, 2.45) is 5.92 Å². The first kappa shape index (κ1) is 18.3. The van der Waals surface area contributed by atoms with Crippen LogP contribution in [-0.2, 0) is 6.42 Å². The number of carbonyl (C=O) groups is 1. The van der Waals surface area contributed by atoms with Gasteiger partial charge in [0.05, 0.1) is 5.56 Å². The van der Waals surface area contributed by atoms with E-state index in [1.165, 1.54) is 18.5 Å². The van der Waals surface area contributed by atoms with Crippen molar-refractivity contribution in [3.63, 3.8) is 0 Å². The second-order valence-electron chi connectivity index (χ2n) is 7.30. The lowest BCUT2D eigenvalue weighted by atomic mass is 9.91. The summed E-state index contributed by atoms with van der Waals surface area (Å²) >= 11 is 0. The largest absolute Gasteiger partial charge is 0.338 e. The zero-order valence-corrected chi connectivity index (χ0v) is 15.6. The number of aryl methyl sites for hydroxylation is 1. The second kappa shape index (κ2) is 8.33. The molecule has 0 radical (unpaired) electrons. The molecule has 0 aliphatic carbocycles. The number of carbonyl (C=O) groups excluding carboxylic acids is 1. The number of amides is 1. The van der Waals surface area contributed by atoms with E-state index in [0.29, 0.717) is 17.3 Å². The molecule has 28 heavy (non-hydrogen) atoms. The summed E-state index contributed by atoms with van der Waals surface area (Å²) in [6.07, 6.45) is 5.47. The van der Waals surface area contributed by atoms with Gasteiger partial charge in [-0.05, 0) is 55.4 Å². The van der Waals surface area contributed by atoms with Gasteiger partial charge in [-0.2, -0.15) is 5.10 Å². The third-order valence-electron chi connectivity index (χ3n) is 5.39. The summed E-state index contributed by atoms with van der Waals surface area (Å²) in [5, 5.41) is 6.74. The molecule has 0 spiro atoms. The van der Waals surface area contributed by atoms with Gasteiger partial charge in [-0.1, -0.05) is 30.3 Å². The number of hydrogen-bond donors (Lipinski definition) is 1. The molecule has 6 heteroatoms. The van der Waals surface area contributed by atoms with E-state index in [1.807, 2.05) is 41.3 Å². The van der Waals surface area contributed by atoms with Crippen molar-refractivity contribution in [1.82, 2.24) is 20.1 Å². The molecule has 1 atom stereocenters. The molecular weight excluding hydrogens is 355 g/mol. The molecule has 1 fully saturated rings. The first-order valence-corrected chi connectivity index (χ1v) is 9.69. The van der Waals surface area contributed by atoms with Crippen molar-refractivity contribution in [3.05, 3.63) is 71.8 Å². The van der Waals surface area contributed by atoms with Crippen molar-refractivity contribution >= 4 is 5.91 Å². The van der Waals surface area contributed by atoms with Crippen molar-refractivity contribution in [2.75, 3.05) is 13.1 Å². The van der Waals surface area contributed by atoms with E-state index in [4.69, 9.17) is 0 Å². The Morgan fingerprint density at radius 1 is 1.18 bits per heavy atom. The molecule has 144 valence electrons. The fourth-order valence-electron chi connectivity index (χ4n) is 3.89. The van der Waals surface area contributed by atoms with Crippen molar-refractivity contribution in [2.45, 2.75) is 25.7 Å². The number of hydrogen-bond acceptors (Lipinski definition) is 3. The van der Waals surface area contributed by atoms with E-state index < -0.39 is 0 Å². The summed E-state index contributed by atoms with van der Waals surface area (Å²) in [5.74, 6) is 0.899. The van der Waals surface area contributed by atoms with Gasteiger partial charge in [0.2, 0.25) is 0 Å². The number of nitrogens with zero attached hydrogens (tertiary/aromatic N) is 3. The van der Waals surface area contributed by atoms with Gasteiger partial charge < -0.3 is 4.90 Å². The van der Waals surface area contributed by atoms with Gasteiger partial charge >= 0.3 is 0 Å². The Morgan fingerprint density at radius 2 is 2.00 bits per heavy atom. The molecule has 0 bridgehead atoms. The van der Waals surface area contributed by atoms with E-state index in [0.717, 1.165) is 49.9 Å².